The first-order chi connectivity index (χ1) is 18.3. The average molecular weight is 526 g/mol. The van der Waals surface area contributed by atoms with E-state index in [0.29, 0.717) is 34.1 Å². The minimum Gasteiger partial charge on any atom is -0.507 e. The molecule has 1 saturated heterocycles. The molecule has 1 atom stereocenters. The van der Waals surface area contributed by atoms with Crippen LogP contribution in [0.5, 0.6) is 5.75 Å². The zero-order chi connectivity index (χ0) is 26.8. The number of rotatable bonds is 7. The van der Waals surface area contributed by atoms with E-state index in [9.17, 15) is 19.5 Å². The highest BCUT2D eigenvalue weighted by Crippen LogP contribution is 2.44. The number of anilines is 1. The van der Waals surface area contributed by atoms with Crippen LogP contribution in [0.2, 0.25) is 0 Å². The lowest BCUT2D eigenvalue weighted by Gasteiger charge is -2.23. The van der Waals surface area contributed by atoms with Gasteiger partial charge in [-0.3, -0.25) is 24.3 Å². The monoisotopic (exact) mass is 525 g/mol. The number of hydrogen-bond donors (Lipinski definition) is 1. The first-order valence-corrected chi connectivity index (χ1v) is 12.6. The van der Waals surface area contributed by atoms with Crippen LogP contribution in [-0.4, -0.2) is 32.5 Å². The van der Waals surface area contributed by atoms with Crippen molar-refractivity contribution in [3.05, 3.63) is 112 Å². The number of carbonyl (C=O) groups excluding carboxylic acids is 3. The summed E-state index contributed by atoms with van der Waals surface area (Å²) in [5.41, 5.74) is 2.25. The molecule has 0 aliphatic carbocycles. The summed E-state index contributed by atoms with van der Waals surface area (Å²) in [4.78, 5) is 48.9. The Balaban J connectivity index is 1.62. The summed E-state index contributed by atoms with van der Waals surface area (Å²) in [7, 11) is 0. The number of carbonyl (C=O) groups is 3. The number of amides is 1. The number of thiazole rings is 1. The zero-order valence-electron chi connectivity index (χ0n) is 20.6. The third-order valence-corrected chi connectivity index (χ3v) is 7.39. The molecule has 2 aromatic heterocycles. The summed E-state index contributed by atoms with van der Waals surface area (Å²) in [6, 6.07) is 18.8. The van der Waals surface area contributed by atoms with Gasteiger partial charge >= 0.3 is 5.91 Å². The van der Waals surface area contributed by atoms with Crippen LogP contribution in [0.3, 0.4) is 0 Å². The van der Waals surface area contributed by atoms with Gasteiger partial charge in [0.25, 0.3) is 5.78 Å². The molecule has 1 unspecified atom stereocenters. The van der Waals surface area contributed by atoms with Crippen molar-refractivity contribution in [3.8, 4) is 5.75 Å². The molecule has 1 amide bonds. The molecule has 1 aliphatic heterocycles. The summed E-state index contributed by atoms with van der Waals surface area (Å²) in [6.45, 7) is 3.43. The highest BCUT2D eigenvalue weighted by Gasteiger charge is 2.48. The van der Waals surface area contributed by atoms with Crippen molar-refractivity contribution in [2.45, 2.75) is 26.5 Å². The Morgan fingerprint density at radius 2 is 1.79 bits per heavy atom. The van der Waals surface area contributed by atoms with E-state index in [1.54, 1.807) is 43.3 Å². The van der Waals surface area contributed by atoms with Crippen LogP contribution in [0, 0.1) is 6.92 Å². The smallest absolute Gasteiger partial charge is 0.301 e. The largest absolute Gasteiger partial charge is 0.507 e. The van der Waals surface area contributed by atoms with Gasteiger partial charge in [0.15, 0.2) is 10.9 Å². The van der Waals surface area contributed by atoms with Gasteiger partial charge in [0.2, 0.25) is 0 Å². The molecule has 38 heavy (non-hydrogen) atoms. The number of aliphatic hydroxyl groups excluding tert-OH is 1. The Kier molecular flexibility index (Phi) is 6.85. The molecule has 1 aliphatic rings. The van der Waals surface area contributed by atoms with Gasteiger partial charge in [0, 0.05) is 24.9 Å². The first kappa shape index (κ1) is 25.0. The van der Waals surface area contributed by atoms with Crippen LogP contribution in [0.15, 0.2) is 84.7 Å². The number of hydrogen-bond acceptors (Lipinski definition) is 8. The quantitative estimate of drug-likeness (QED) is 0.152. The standard InChI is InChI=1S/C29H23N3O5S/c1-17-27(18(2)33)38-29(31-17)32-24(23(26(35)28(32)36)25(34)20-11-13-30-14-12-20)21-9-6-10-22(15-21)37-16-19-7-4-3-5-8-19/h3-15,24,34H,16H2,1-2H3/b25-23+. The highest BCUT2D eigenvalue weighted by atomic mass is 32.1. The number of aromatic nitrogens is 2. The van der Waals surface area contributed by atoms with E-state index in [-0.39, 0.29) is 22.2 Å². The Morgan fingerprint density at radius 1 is 1.05 bits per heavy atom. The second-order valence-electron chi connectivity index (χ2n) is 8.72. The van der Waals surface area contributed by atoms with Gasteiger partial charge in [-0.15, -0.1) is 0 Å². The molecular weight excluding hydrogens is 502 g/mol. The van der Waals surface area contributed by atoms with Crippen LogP contribution >= 0.6 is 11.3 Å². The van der Waals surface area contributed by atoms with Gasteiger partial charge < -0.3 is 9.84 Å². The highest BCUT2D eigenvalue weighted by molar-refractivity contribution is 7.18. The maximum absolute atomic E-state index is 13.4. The number of nitrogens with zero attached hydrogens (tertiary/aromatic N) is 3. The number of aryl methyl sites for hydroxylation is 1. The normalized spacial score (nSPS) is 16.6. The van der Waals surface area contributed by atoms with Crippen LogP contribution < -0.4 is 9.64 Å². The van der Waals surface area contributed by atoms with E-state index in [1.165, 1.54) is 24.2 Å². The fourth-order valence-corrected chi connectivity index (χ4v) is 5.33. The molecule has 0 spiro atoms. The van der Waals surface area contributed by atoms with E-state index < -0.39 is 17.7 Å². The lowest BCUT2D eigenvalue weighted by molar-refractivity contribution is -0.132. The molecule has 0 saturated carbocycles. The van der Waals surface area contributed by atoms with E-state index in [1.807, 2.05) is 30.3 Å². The zero-order valence-corrected chi connectivity index (χ0v) is 21.4. The number of pyridine rings is 1. The van der Waals surface area contributed by atoms with Crippen molar-refractivity contribution in [1.29, 1.82) is 0 Å². The van der Waals surface area contributed by atoms with Crippen molar-refractivity contribution in [1.82, 2.24) is 9.97 Å². The van der Waals surface area contributed by atoms with Gasteiger partial charge in [-0.25, -0.2) is 4.98 Å². The molecule has 3 heterocycles. The summed E-state index contributed by atoms with van der Waals surface area (Å²) in [6.07, 6.45) is 2.98. The number of benzene rings is 2. The van der Waals surface area contributed by atoms with Gasteiger partial charge in [-0.1, -0.05) is 53.8 Å². The van der Waals surface area contributed by atoms with Crippen molar-refractivity contribution in [2.75, 3.05) is 4.90 Å². The van der Waals surface area contributed by atoms with Crippen molar-refractivity contribution >= 4 is 39.7 Å². The van der Waals surface area contributed by atoms with E-state index in [4.69, 9.17) is 4.74 Å². The van der Waals surface area contributed by atoms with Crippen molar-refractivity contribution in [3.63, 3.8) is 0 Å². The third kappa shape index (κ3) is 4.71. The molecule has 1 N–H and O–H groups in total. The molecule has 5 rings (SSSR count). The fourth-order valence-electron chi connectivity index (χ4n) is 4.34. The van der Waals surface area contributed by atoms with Gasteiger partial charge in [0.1, 0.15) is 18.1 Å². The van der Waals surface area contributed by atoms with E-state index >= 15 is 0 Å². The summed E-state index contributed by atoms with van der Waals surface area (Å²) in [5, 5.41) is 11.4. The molecule has 2 aromatic carbocycles. The lowest BCUT2D eigenvalue weighted by atomic mass is 9.95. The minimum atomic E-state index is -0.992. The molecule has 0 radical (unpaired) electrons. The molecule has 0 bridgehead atoms. The van der Waals surface area contributed by atoms with Gasteiger partial charge in [0.05, 0.1) is 22.2 Å². The summed E-state index contributed by atoms with van der Waals surface area (Å²) in [5.74, 6) is -1.68. The predicted octanol–water partition coefficient (Wildman–Crippen LogP) is 5.25. The SMILES string of the molecule is CC(=O)c1sc(N2C(=O)C(=O)/C(=C(/O)c3ccncc3)C2c2cccc(OCc3ccccc3)c2)nc1C. The van der Waals surface area contributed by atoms with Crippen LogP contribution in [0.25, 0.3) is 5.76 Å². The maximum Gasteiger partial charge on any atom is 0.301 e. The number of Topliss-reactive ketones (excluding diaryl/α,β-unsaturated/α-hetero) is 2. The Morgan fingerprint density at radius 3 is 2.47 bits per heavy atom. The lowest BCUT2D eigenvalue weighted by Crippen LogP contribution is -2.29. The average Bonchev–Trinajstić information content (AvgIpc) is 3.45. The molecule has 9 heteroatoms. The first-order valence-electron chi connectivity index (χ1n) is 11.8. The van der Waals surface area contributed by atoms with Crippen LogP contribution in [-0.2, 0) is 16.2 Å². The van der Waals surface area contributed by atoms with Gasteiger partial charge in [-0.2, -0.15) is 0 Å². The number of aliphatic hydroxyl groups is 1. The predicted molar refractivity (Wildman–Crippen MR) is 143 cm³/mol. The van der Waals surface area contributed by atoms with E-state index in [0.717, 1.165) is 16.9 Å². The Hall–Kier alpha value is -4.63. The summed E-state index contributed by atoms with van der Waals surface area (Å²) >= 11 is 1.04. The second kappa shape index (κ2) is 10.4. The second-order valence-corrected chi connectivity index (χ2v) is 9.70. The van der Waals surface area contributed by atoms with Gasteiger partial charge in [-0.05, 0) is 42.3 Å². The molecule has 1 fully saturated rings. The van der Waals surface area contributed by atoms with Crippen LogP contribution in [0.4, 0.5) is 5.13 Å². The van der Waals surface area contributed by atoms with Crippen molar-refractivity contribution in [2.24, 2.45) is 0 Å². The molecular formula is C29H23N3O5S. The van der Waals surface area contributed by atoms with E-state index in [2.05, 4.69) is 9.97 Å². The van der Waals surface area contributed by atoms with Crippen molar-refractivity contribution < 1.29 is 24.2 Å². The molecule has 190 valence electrons. The fraction of sp³-hybridized carbons (Fsp3) is 0.138. The van der Waals surface area contributed by atoms with Crippen LogP contribution in [0.1, 0.15) is 45.0 Å². The molecule has 4 aromatic rings. The maximum atomic E-state index is 13.4. The number of ketones is 2. The Bertz CT molecular complexity index is 1560. The number of ether oxygens (including phenoxy) is 1. The molecule has 8 nitrogen and oxygen atoms in total. The topological polar surface area (TPSA) is 110 Å². The Labute approximate surface area is 222 Å². The minimum absolute atomic E-state index is 0.0846. The third-order valence-electron chi connectivity index (χ3n) is 6.13. The summed E-state index contributed by atoms with van der Waals surface area (Å²) < 4.78 is 5.99.